The van der Waals surface area contributed by atoms with Crippen LogP contribution in [0.5, 0.6) is 11.5 Å². The van der Waals surface area contributed by atoms with Gasteiger partial charge in [-0.25, -0.2) is 4.39 Å². The van der Waals surface area contributed by atoms with Crippen LogP contribution in [0.2, 0.25) is 0 Å². The topological polar surface area (TPSA) is 86.5 Å². The number of aryl methyl sites for hydroxylation is 1. The molecular weight excluding hydrogens is 337 g/mol. The van der Waals surface area contributed by atoms with Crippen molar-refractivity contribution in [1.82, 2.24) is 4.98 Å². The fourth-order valence-electron chi connectivity index (χ4n) is 2.74. The molecule has 26 heavy (non-hydrogen) atoms. The number of benzene rings is 2. The number of nitrogens with one attached hydrogen (secondary N) is 1. The molecule has 1 aromatic heterocycles. The fourth-order valence-corrected chi connectivity index (χ4v) is 2.74. The second-order valence-electron chi connectivity index (χ2n) is 5.72. The van der Waals surface area contributed by atoms with Crippen molar-refractivity contribution < 1.29 is 18.7 Å². The number of methoxy groups -OCH3 is 2. The number of amides is 1. The molecule has 0 radical (unpaired) electrons. The lowest BCUT2D eigenvalue weighted by Gasteiger charge is -2.16. The van der Waals surface area contributed by atoms with E-state index >= 15 is 0 Å². The number of ether oxygens (including phenoxy) is 2. The third-order valence-corrected chi connectivity index (χ3v) is 4.09. The van der Waals surface area contributed by atoms with Gasteiger partial charge in [-0.1, -0.05) is 0 Å². The maximum atomic E-state index is 13.4. The van der Waals surface area contributed by atoms with Crippen molar-refractivity contribution in [1.29, 1.82) is 0 Å². The lowest BCUT2D eigenvalue weighted by atomic mass is 10.1. The van der Waals surface area contributed by atoms with Crippen LogP contribution in [-0.4, -0.2) is 25.1 Å². The molecule has 6 nitrogen and oxygen atoms in total. The summed E-state index contributed by atoms with van der Waals surface area (Å²) in [5, 5.41) is 3.80. The van der Waals surface area contributed by atoms with Gasteiger partial charge in [0, 0.05) is 23.3 Å². The van der Waals surface area contributed by atoms with Gasteiger partial charge in [-0.05, 0) is 36.8 Å². The minimum Gasteiger partial charge on any atom is -0.493 e. The first-order chi connectivity index (χ1) is 12.4. The Kier molecular flexibility index (Phi) is 4.62. The van der Waals surface area contributed by atoms with Crippen molar-refractivity contribution in [3.05, 3.63) is 53.5 Å². The van der Waals surface area contributed by atoms with Gasteiger partial charge in [-0.3, -0.25) is 9.78 Å². The molecule has 3 aromatic rings. The Hall–Kier alpha value is -3.35. The van der Waals surface area contributed by atoms with Gasteiger partial charge in [0.2, 0.25) is 0 Å². The van der Waals surface area contributed by atoms with E-state index in [9.17, 15) is 9.18 Å². The summed E-state index contributed by atoms with van der Waals surface area (Å²) < 4.78 is 24.0. The average Bonchev–Trinajstić information content (AvgIpc) is 2.62. The summed E-state index contributed by atoms with van der Waals surface area (Å²) in [6.07, 6.45) is 1.40. The van der Waals surface area contributed by atoms with E-state index in [1.165, 1.54) is 32.5 Å². The van der Waals surface area contributed by atoms with Crippen LogP contribution in [0.25, 0.3) is 10.9 Å². The number of hydrogen-bond donors (Lipinski definition) is 2. The maximum absolute atomic E-state index is 13.4. The van der Waals surface area contributed by atoms with Gasteiger partial charge >= 0.3 is 0 Å². The van der Waals surface area contributed by atoms with E-state index in [2.05, 4.69) is 10.3 Å². The SMILES string of the molecule is COc1cc2ncc(C(N)=O)c(Nc3ccc(F)cc3C)c2cc1OC. The molecule has 0 atom stereocenters. The average molecular weight is 355 g/mol. The van der Waals surface area contributed by atoms with Crippen LogP contribution in [0, 0.1) is 12.7 Å². The van der Waals surface area contributed by atoms with E-state index in [0.29, 0.717) is 39.3 Å². The van der Waals surface area contributed by atoms with E-state index in [-0.39, 0.29) is 11.4 Å². The summed E-state index contributed by atoms with van der Waals surface area (Å²) in [4.78, 5) is 16.2. The van der Waals surface area contributed by atoms with E-state index in [1.54, 1.807) is 25.1 Å². The van der Waals surface area contributed by atoms with Crippen LogP contribution in [0.1, 0.15) is 15.9 Å². The highest BCUT2D eigenvalue weighted by molar-refractivity contribution is 6.08. The smallest absolute Gasteiger partial charge is 0.252 e. The van der Waals surface area contributed by atoms with Crippen molar-refractivity contribution in [2.45, 2.75) is 6.92 Å². The van der Waals surface area contributed by atoms with E-state index in [4.69, 9.17) is 15.2 Å². The molecule has 1 amide bonds. The summed E-state index contributed by atoms with van der Waals surface area (Å²) in [6, 6.07) is 7.77. The lowest BCUT2D eigenvalue weighted by Crippen LogP contribution is -2.14. The molecule has 3 rings (SSSR count). The van der Waals surface area contributed by atoms with Crippen molar-refractivity contribution in [3.8, 4) is 11.5 Å². The summed E-state index contributed by atoms with van der Waals surface area (Å²) >= 11 is 0. The first-order valence-corrected chi connectivity index (χ1v) is 7.82. The van der Waals surface area contributed by atoms with Crippen LogP contribution in [0.3, 0.4) is 0 Å². The van der Waals surface area contributed by atoms with Gasteiger partial charge < -0.3 is 20.5 Å². The zero-order chi connectivity index (χ0) is 18.8. The molecule has 0 saturated heterocycles. The molecule has 0 bridgehead atoms. The highest BCUT2D eigenvalue weighted by Crippen LogP contribution is 2.37. The maximum Gasteiger partial charge on any atom is 0.252 e. The number of rotatable bonds is 5. The summed E-state index contributed by atoms with van der Waals surface area (Å²) in [5.74, 6) is 0.0381. The molecule has 0 saturated carbocycles. The zero-order valence-electron chi connectivity index (χ0n) is 14.6. The van der Waals surface area contributed by atoms with E-state index < -0.39 is 5.91 Å². The molecule has 0 aliphatic heterocycles. The number of hydrogen-bond acceptors (Lipinski definition) is 5. The lowest BCUT2D eigenvalue weighted by molar-refractivity contribution is 0.100. The van der Waals surface area contributed by atoms with Crippen molar-refractivity contribution >= 4 is 28.2 Å². The summed E-state index contributed by atoms with van der Waals surface area (Å²) in [7, 11) is 3.05. The number of nitrogens with zero attached hydrogens (tertiary/aromatic N) is 1. The number of fused-ring (bicyclic) bond motifs is 1. The minimum atomic E-state index is -0.628. The summed E-state index contributed by atoms with van der Waals surface area (Å²) in [5.41, 5.74) is 8.13. The zero-order valence-corrected chi connectivity index (χ0v) is 14.6. The molecule has 1 heterocycles. The van der Waals surface area contributed by atoms with Gasteiger partial charge in [0.1, 0.15) is 5.82 Å². The number of anilines is 2. The third-order valence-electron chi connectivity index (χ3n) is 4.09. The Morgan fingerprint density at radius 2 is 1.85 bits per heavy atom. The number of halogens is 1. The Bertz CT molecular complexity index is 1000. The van der Waals surface area contributed by atoms with Crippen LogP contribution in [0.15, 0.2) is 36.5 Å². The quantitative estimate of drug-likeness (QED) is 0.731. The Morgan fingerprint density at radius 1 is 1.15 bits per heavy atom. The number of primary amides is 1. The largest absolute Gasteiger partial charge is 0.493 e. The molecule has 0 aliphatic rings. The predicted molar refractivity (Wildman–Crippen MR) is 97.8 cm³/mol. The second-order valence-corrected chi connectivity index (χ2v) is 5.72. The molecule has 0 aliphatic carbocycles. The molecule has 0 unspecified atom stereocenters. The van der Waals surface area contributed by atoms with Gasteiger partial charge in [0.15, 0.2) is 11.5 Å². The highest BCUT2D eigenvalue weighted by Gasteiger charge is 2.17. The monoisotopic (exact) mass is 355 g/mol. The van der Waals surface area contributed by atoms with Crippen LogP contribution < -0.4 is 20.5 Å². The molecule has 3 N–H and O–H groups in total. The molecule has 2 aromatic carbocycles. The van der Waals surface area contributed by atoms with Crippen LogP contribution in [-0.2, 0) is 0 Å². The molecular formula is C19H18FN3O3. The Balaban J connectivity index is 2.25. The van der Waals surface area contributed by atoms with Crippen molar-refractivity contribution in [3.63, 3.8) is 0 Å². The minimum absolute atomic E-state index is 0.216. The van der Waals surface area contributed by atoms with Crippen LogP contribution >= 0.6 is 0 Å². The third kappa shape index (κ3) is 3.11. The predicted octanol–water partition coefficient (Wildman–Crippen LogP) is 3.54. The van der Waals surface area contributed by atoms with E-state index in [1.807, 2.05) is 0 Å². The number of carbonyl (C=O) groups is 1. The standard InChI is InChI=1S/C19H18FN3O3/c1-10-6-11(20)4-5-14(10)23-18-12-7-16(25-2)17(26-3)8-15(12)22-9-13(18)19(21)24/h4-9H,1-3H3,(H2,21,24)(H,22,23). The van der Waals surface area contributed by atoms with Gasteiger partial charge in [-0.15, -0.1) is 0 Å². The van der Waals surface area contributed by atoms with E-state index in [0.717, 1.165) is 0 Å². The highest BCUT2D eigenvalue weighted by atomic mass is 19.1. The van der Waals surface area contributed by atoms with Crippen molar-refractivity contribution in [2.24, 2.45) is 5.73 Å². The number of aromatic nitrogens is 1. The normalized spacial score (nSPS) is 10.6. The number of nitrogens with two attached hydrogens (primary N) is 1. The number of pyridine rings is 1. The molecule has 7 heteroatoms. The Morgan fingerprint density at radius 3 is 2.46 bits per heavy atom. The molecule has 0 spiro atoms. The summed E-state index contributed by atoms with van der Waals surface area (Å²) in [6.45, 7) is 1.77. The first-order valence-electron chi connectivity index (χ1n) is 7.82. The fraction of sp³-hybridized carbons (Fsp3) is 0.158. The first kappa shape index (κ1) is 17.5. The molecule has 0 fully saturated rings. The van der Waals surface area contributed by atoms with Gasteiger partial charge in [0.25, 0.3) is 5.91 Å². The molecule has 134 valence electrons. The van der Waals surface area contributed by atoms with Crippen LogP contribution in [0.4, 0.5) is 15.8 Å². The second kappa shape index (κ2) is 6.87. The van der Waals surface area contributed by atoms with Gasteiger partial charge in [-0.2, -0.15) is 0 Å². The van der Waals surface area contributed by atoms with Gasteiger partial charge in [0.05, 0.1) is 31.0 Å². The Labute approximate surface area is 149 Å². The van der Waals surface area contributed by atoms with Crippen molar-refractivity contribution in [2.75, 3.05) is 19.5 Å². The number of carbonyl (C=O) groups excluding carboxylic acids is 1.